The minimum Gasteiger partial charge on any atom is -0.458 e. The lowest BCUT2D eigenvalue weighted by Crippen LogP contribution is -2.83. The second-order valence-electron chi connectivity index (χ2n) is 13.4. The molecule has 47 heavy (non-hydrogen) atoms. The van der Waals surface area contributed by atoms with Gasteiger partial charge < -0.3 is 33.5 Å². The summed E-state index contributed by atoms with van der Waals surface area (Å²) in [6, 6.07) is 16.2. The van der Waals surface area contributed by atoms with Crippen LogP contribution < -0.4 is 0 Å². The Balaban J connectivity index is 1.81. The second-order valence-corrected chi connectivity index (χ2v) is 13.4. The van der Waals surface area contributed by atoms with Gasteiger partial charge in [0.05, 0.1) is 33.7 Å². The molecule has 9 unspecified atom stereocenters. The summed E-state index contributed by atoms with van der Waals surface area (Å²) in [5.41, 5.74) is -6.82. The van der Waals surface area contributed by atoms with Gasteiger partial charge in [-0.3, -0.25) is 14.4 Å². The highest BCUT2D eigenvalue weighted by Gasteiger charge is 2.87. The first-order valence-electron chi connectivity index (χ1n) is 15.4. The summed E-state index contributed by atoms with van der Waals surface area (Å²) in [5, 5.41) is 12.6. The van der Waals surface area contributed by atoms with Crippen molar-refractivity contribution in [3.05, 3.63) is 71.8 Å². The minimum atomic E-state index is -2.00. The summed E-state index contributed by atoms with van der Waals surface area (Å²) < 4.78 is 36.9. The van der Waals surface area contributed by atoms with Crippen molar-refractivity contribution in [1.82, 2.24) is 0 Å². The molecule has 2 aromatic carbocycles. The molecule has 2 aromatic rings. The van der Waals surface area contributed by atoms with Crippen LogP contribution in [0.1, 0.15) is 75.6 Å². The van der Waals surface area contributed by atoms with Gasteiger partial charge in [0.1, 0.15) is 23.9 Å². The quantitative estimate of drug-likeness (QED) is 0.343. The van der Waals surface area contributed by atoms with E-state index >= 15 is 0 Å². The van der Waals surface area contributed by atoms with Crippen molar-refractivity contribution in [2.24, 2.45) is 11.3 Å². The van der Waals surface area contributed by atoms with Crippen molar-refractivity contribution in [3.63, 3.8) is 0 Å². The van der Waals surface area contributed by atoms with Crippen LogP contribution in [-0.2, 0) is 42.8 Å². The molecule has 5 rings (SSSR count). The van der Waals surface area contributed by atoms with Gasteiger partial charge in [0, 0.05) is 27.2 Å². The highest BCUT2D eigenvalue weighted by molar-refractivity contribution is 5.90. The number of rotatable bonds is 7. The molecular weight excluding hydrogens is 612 g/mol. The number of carbonyl (C=O) groups excluding carboxylic acids is 5. The number of aliphatic hydroxyl groups is 1. The number of ether oxygens (including phenoxy) is 6. The number of carbonyl (C=O) groups is 5. The van der Waals surface area contributed by atoms with Crippen molar-refractivity contribution in [3.8, 4) is 0 Å². The van der Waals surface area contributed by atoms with Crippen LogP contribution in [-0.4, -0.2) is 82.3 Å². The van der Waals surface area contributed by atoms with E-state index in [0.29, 0.717) is 0 Å². The van der Waals surface area contributed by atoms with Crippen molar-refractivity contribution < 1.29 is 57.5 Å². The van der Waals surface area contributed by atoms with E-state index in [4.69, 9.17) is 28.4 Å². The molecule has 12 nitrogen and oxygen atoms in total. The van der Waals surface area contributed by atoms with Gasteiger partial charge >= 0.3 is 29.8 Å². The average molecular weight is 653 g/mol. The molecule has 1 heterocycles. The highest BCUT2D eigenvalue weighted by atomic mass is 16.6. The van der Waals surface area contributed by atoms with Gasteiger partial charge in [-0.25, -0.2) is 9.59 Å². The van der Waals surface area contributed by atoms with E-state index in [1.807, 2.05) is 0 Å². The topological polar surface area (TPSA) is 161 Å². The van der Waals surface area contributed by atoms with E-state index in [2.05, 4.69) is 0 Å². The first kappa shape index (κ1) is 34.1. The van der Waals surface area contributed by atoms with Crippen molar-refractivity contribution in [2.45, 2.75) is 102 Å². The minimum absolute atomic E-state index is 0.167. The summed E-state index contributed by atoms with van der Waals surface area (Å²) in [7, 11) is 0. The fourth-order valence-corrected chi connectivity index (χ4v) is 8.17. The van der Waals surface area contributed by atoms with Crippen LogP contribution >= 0.6 is 0 Å². The maximum atomic E-state index is 13.8. The van der Waals surface area contributed by atoms with E-state index in [0.717, 1.165) is 13.8 Å². The number of hydrogen-bond acceptors (Lipinski definition) is 12. The molecule has 3 fully saturated rings. The van der Waals surface area contributed by atoms with Crippen molar-refractivity contribution in [1.29, 1.82) is 0 Å². The van der Waals surface area contributed by atoms with E-state index in [1.165, 1.54) is 32.9 Å². The van der Waals surface area contributed by atoms with Gasteiger partial charge in [0.15, 0.2) is 12.2 Å². The average Bonchev–Trinajstić information content (AvgIpc) is 3.20. The predicted octanol–water partition coefficient (Wildman–Crippen LogP) is 3.57. The van der Waals surface area contributed by atoms with E-state index in [1.54, 1.807) is 62.4 Å². The molecule has 9 atom stereocenters. The molecule has 12 heteroatoms. The number of hydrogen-bond donors (Lipinski definition) is 1. The summed E-state index contributed by atoms with van der Waals surface area (Å²) >= 11 is 0. The Morgan fingerprint density at radius 2 is 1.13 bits per heavy atom. The summed E-state index contributed by atoms with van der Waals surface area (Å²) in [6.45, 7) is 9.83. The molecular formula is C35H40O12. The van der Waals surface area contributed by atoms with Crippen LogP contribution in [0.15, 0.2) is 60.7 Å². The largest absolute Gasteiger partial charge is 0.458 e. The number of esters is 5. The maximum absolute atomic E-state index is 13.8. The molecule has 1 saturated heterocycles. The van der Waals surface area contributed by atoms with E-state index < -0.39 is 88.5 Å². The zero-order valence-corrected chi connectivity index (χ0v) is 27.4. The molecule has 2 bridgehead atoms. The Kier molecular flexibility index (Phi) is 8.74. The van der Waals surface area contributed by atoms with Gasteiger partial charge in [0.2, 0.25) is 0 Å². The normalized spacial score (nSPS) is 35.1. The first-order chi connectivity index (χ1) is 22.0. The molecule has 0 radical (unpaired) electrons. The Hall–Kier alpha value is -4.29. The van der Waals surface area contributed by atoms with Gasteiger partial charge in [-0.05, 0) is 52.0 Å². The molecule has 3 aliphatic rings. The van der Waals surface area contributed by atoms with Gasteiger partial charge in [-0.2, -0.15) is 0 Å². The van der Waals surface area contributed by atoms with Crippen LogP contribution in [0.3, 0.4) is 0 Å². The SMILES string of the molecule is CC(=O)OC1CC(C)(O)C23OC(C)(C)C(C(OC(C)=O)C(OC(=O)c4ccccc4)C2(C)C1OC(C)=O)C3OC(=O)c1ccccc1. The van der Waals surface area contributed by atoms with Crippen LogP contribution in [0, 0.1) is 11.3 Å². The molecule has 2 saturated carbocycles. The predicted molar refractivity (Wildman–Crippen MR) is 163 cm³/mol. The number of fused-ring (bicyclic) bond motifs is 1. The zero-order valence-electron chi connectivity index (χ0n) is 27.4. The third-order valence-electron chi connectivity index (χ3n) is 9.72. The zero-order chi connectivity index (χ0) is 34.5. The lowest BCUT2D eigenvalue weighted by atomic mass is 9.46. The summed E-state index contributed by atoms with van der Waals surface area (Å²) in [5.74, 6) is -4.84. The fraction of sp³-hybridized carbons (Fsp3) is 0.514. The fourth-order valence-electron chi connectivity index (χ4n) is 8.17. The molecule has 2 aliphatic carbocycles. The van der Waals surface area contributed by atoms with Crippen molar-refractivity contribution in [2.75, 3.05) is 0 Å². The third kappa shape index (κ3) is 5.57. The second kappa shape index (κ2) is 12.1. The van der Waals surface area contributed by atoms with Gasteiger partial charge in [-0.15, -0.1) is 0 Å². The van der Waals surface area contributed by atoms with Crippen LogP contribution in [0.5, 0.6) is 0 Å². The van der Waals surface area contributed by atoms with Crippen LogP contribution in [0.2, 0.25) is 0 Å². The Morgan fingerprint density at radius 3 is 1.60 bits per heavy atom. The summed E-state index contributed by atoms with van der Waals surface area (Å²) in [6.07, 6.45) is -7.28. The molecule has 1 aliphatic heterocycles. The molecule has 252 valence electrons. The lowest BCUT2D eigenvalue weighted by Gasteiger charge is -2.65. The Labute approximate surface area is 272 Å². The van der Waals surface area contributed by atoms with E-state index in [9.17, 15) is 29.1 Å². The first-order valence-corrected chi connectivity index (χ1v) is 15.4. The van der Waals surface area contributed by atoms with Crippen LogP contribution in [0.4, 0.5) is 0 Å². The Morgan fingerprint density at radius 1 is 0.660 bits per heavy atom. The molecule has 0 amide bonds. The standard InChI is InChI=1S/C35H40O12/c1-19(36)42-24-18-33(6,41)35-28(45-30(39)22-14-10-8-11-15-22)25(32(4,5)47-35)26(43-20(2)37)29(34(35,7)27(24)44-21(3)38)46-31(40)23-16-12-9-13-17-23/h8-17,24-29,41H,18H2,1-7H3. The van der Waals surface area contributed by atoms with E-state index in [-0.39, 0.29) is 17.5 Å². The molecule has 1 spiro atoms. The highest BCUT2D eigenvalue weighted by Crippen LogP contribution is 2.69. The van der Waals surface area contributed by atoms with Crippen LogP contribution in [0.25, 0.3) is 0 Å². The van der Waals surface area contributed by atoms with Crippen molar-refractivity contribution >= 4 is 29.8 Å². The molecule has 1 N–H and O–H groups in total. The smallest absolute Gasteiger partial charge is 0.338 e. The molecule has 0 aromatic heterocycles. The van der Waals surface area contributed by atoms with Gasteiger partial charge in [0.25, 0.3) is 0 Å². The monoisotopic (exact) mass is 652 g/mol. The summed E-state index contributed by atoms with van der Waals surface area (Å²) in [4.78, 5) is 65.5. The van der Waals surface area contributed by atoms with Gasteiger partial charge in [-0.1, -0.05) is 36.4 Å². The third-order valence-corrected chi connectivity index (χ3v) is 9.72. The maximum Gasteiger partial charge on any atom is 0.338 e. The number of benzene rings is 2. The Bertz CT molecular complexity index is 1550. The lowest BCUT2D eigenvalue weighted by molar-refractivity contribution is -0.350.